The Balaban J connectivity index is 3.57. The molecule has 0 aliphatic carbocycles. The van der Waals surface area contributed by atoms with Crippen LogP contribution >= 0.6 is 0 Å². The van der Waals surface area contributed by atoms with Gasteiger partial charge < -0.3 is 5.32 Å². The maximum absolute atomic E-state index is 3.42. The smallest absolute Gasteiger partial charge is 0.0137 e. The van der Waals surface area contributed by atoms with E-state index in [-0.39, 0.29) is 0 Å². The molecular weight excluding hydrogens is 182 g/mol. The zero-order chi connectivity index (χ0) is 11.7. The molecule has 0 unspecified atom stereocenters. The monoisotopic (exact) mass is 209 g/mol. The van der Waals surface area contributed by atoms with Gasteiger partial charge in [0.15, 0.2) is 0 Å². The minimum atomic E-state index is 0.740. The summed E-state index contributed by atoms with van der Waals surface area (Å²) in [5, 5.41) is 3.42. The average molecular weight is 209 g/mol. The van der Waals surface area contributed by atoms with Gasteiger partial charge in [-0.25, -0.2) is 0 Å². The third-order valence-electron chi connectivity index (χ3n) is 2.24. The molecule has 0 radical (unpaired) electrons. The lowest BCUT2D eigenvalue weighted by Gasteiger charge is -2.05. The summed E-state index contributed by atoms with van der Waals surface area (Å²) >= 11 is 0. The summed E-state index contributed by atoms with van der Waals surface area (Å²) in [5.74, 6) is 0.740. The van der Waals surface area contributed by atoms with Gasteiger partial charge >= 0.3 is 0 Å². The molecule has 0 saturated carbocycles. The first-order valence-corrected chi connectivity index (χ1v) is 6.02. The van der Waals surface area contributed by atoms with Crippen LogP contribution in [0.1, 0.15) is 47.5 Å². The molecular formula is C14H27N. The van der Waals surface area contributed by atoms with Gasteiger partial charge in [-0.15, -0.1) is 0 Å². The summed E-state index contributed by atoms with van der Waals surface area (Å²) in [6.07, 6.45) is 6.98. The van der Waals surface area contributed by atoms with Crippen LogP contribution in [0.25, 0.3) is 0 Å². The molecule has 0 rings (SSSR count). The molecule has 0 amide bonds. The van der Waals surface area contributed by atoms with Crippen LogP contribution in [-0.4, -0.2) is 13.1 Å². The third-order valence-corrected chi connectivity index (χ3v) is 2.24. The lowest BCUT2D eigenvalue weighted by molar-refractivity contribution is 0.576. The highest BCUT2D eigenvalue weighted by Gasteiger charge is 1.91. The highest BCUT2D eigenvalue weighted by Crippen LogP contribution is 2.05. The van der Waals surface area contributed by atoms with E-state index in [0.29, 0.717) is 0 Å². The Morgan fingerprint density at radius 1 is 1.13 bits per heavy atom. The minimum Gasteiger partial charge on any atom is -0.313 e. The van der Waals surface area contributed by atoms with Crippen molar-refractivity contribution in [3.05, 3.63) is 23.3 Å². The largest absolute Gasteiger partial charge is 0.313 e. The Bertz CT molecular complexity index is 207. The lowest BCUT2D eigenvalue weighted by Crippen LogP contribution is -2.19. The molecule has 0 fully saturated rings. The molecule has 0 aromatic carbocycles. The molecule has 0 heterocycles. The van der Waals surface area contributed by atoms with E-state index in [9.17, 15) is 0 Å². The predicted octanol–water partition coefficient (Wildman–Crippen LogP) is 3.92. The van der Waals surface area contributed by atoms with Crippen LogP contribution in [0.2, 0.25) is 0 Å². The number of hydrogen-bond acceptors (Lipinski definition) is 1. The summed E-state index contributed by atoms with van der Waals surface area (Å²) in [6, 6.07) is 0. The van der Waals surface area contributed by atoms with Crippen LogP contribution < -0.4 is 5.32 Å². The Hall–Kier alpha value is -0.560. The normalized spacial score (nSPS) is 12.0. The second kappa shape index (κ2) is 8.72. The summed E-state index contributed by atoms with van der Waals surface area (Å²) in [7, 11) is 0. The summed E-state index contributed by atoms with van der Waals surface area (Å²) in [4.78, 5) is 0. The molecule has 0 aromatic rings. The van der Waals surface area contributed by atoms with Gasteiger partial charge in [0.2, 0.25) is 0 Å². The van der Waals surface area contributed by atoms with Crippen molar-refractivity contribution in [3.63, 3.8) is 0 Å². The molecule has 0 aromatic heterocycles. The highest BCUT2D eigenvalue weighted by atomic mass is 14.8. The summed E-state index contributed by atoms with van der Waals surface area (Å²) in [6.45, 7) is 13.1. The van der Waals surface area contributed by atoms with E-state index in [1.54, 1.807) is 0 Å². The van der Waals surface area contributed by atoms with E-state index < -0.39 is 0 Å². The van der Waals surface area contributed by atoms with Crippen LogP contribution in [-0.2, 0) is 0 Å². The predicted molar refractivity (Wildman–Crippen MR) is 70.1 cm³/mol. The van der Waals surface area contributed by atoms with Crippen molar-refractivity contribution < 1.29 is 0 Å². The molecule has 1 nitrogen and oxygen atoms in total. The highest BCUT2D eigenvalue weighted by molar-refractivity contribution is 5.02. The van der Waals surface area contributed by atoms with Crippen molar-refractivity contribution in [2.24, 2.45) is 5.92 Å². The van der Waals surface area contributed by atoms with Crippen LogP contribution in [0.3, 0.4) is 0 Å². The Morgan fingerprint density at radius 3 is 2.33 bits per heavy atom. The molecule has 1 heteroatoms. The van der Waals surface area contributed by atoms with Gasteiger partial charge in [-0.3, -0.25) is 0 Å². The standard InChI is InChI=1S/C14H27N/c1-12(2)7-6-8-14(5)9-10-15-11-13(3)4/h7,9,13,15H,6,8,10-11H2,1-5H3/b14-9+. The van der Waals surface area contributed by atoms with Gasteiger partial charge in [-0.2, -0.15) is 0 Å². The number of hydrogen-bond donors (Lipinski definition) is 1. The molecule has 0 bridgehead atoms. The Kier molecular flexibility index (Phi) is 8.40. The van der Waals surface area contributed by atoms with Crippen molar-refractivity contribution in [2.45, 2.75) is 47.5 Å². The topological polar surface area (TPSA) is 12.0 Å². The van der Waals surface area contributed by atoms with Gasteiger partial charge in [-0.1, -0.05) is 37.1 Å². The van der Waals surface area contributed by atoms with Crippen molar-refractivity contribution in [1.29, 1.82) is 0 Å². The fourth-order valence-electron chi connectivity index (χ4n) is 1.31. The third kappa shape index (κ3) is 11.4. The van der Waals surface area contributed by atoms with E-state index in [1.807, 2.05) is 0 Å². The van der Waals surface area contributed by atoms with E-state index in [4.69, 9.17) is 0 Å². The SMILES string of the molecule is CC(C)=CCC/C(C)=C/CNCC(C)C. The average Bonchev–Trinajstić information content (AvgIpc) is 2.11. The van der Waals surface area contributed by atoms with E-state index >= 15 is 0 Å². The van der Waals surface area contributed by atoms with Gasteiger partial charge in [-0.05, 0) is 46.1 Å². The molecule has 0 spiro atoms. The molecule has 0 saturated heterocycles. The summed E-state index contributed by atoms with van der Waals surface area (Å²) in [5.41, 5.74) is 2.91. The molecule has 15 heavy (non-hydrogen) atoms. The van der Waals surface area contributed by atoms with Crippen molar-refractivity contribution in [2.75, 3.05) is 13.1 Å². The minimum absolute atomic E-state index is 0.740. The zero-order valence-electron chi connectivity index (χ0n) is 11.1. The first-order valence-electron chi connectivity index (χ1n) is 6.02. The van der Waals surface area contributed by atoms with Crippen molar-refractivity contribution in [1.82, 2.24) is 5.32 Å². The van der Waals surface area contributed by atoms with Crippen LogP contribution in [0, 0.1) is 5.92 Å². The van der Waals surface area contributed by atoms with E-state index in [0.717, 1.165) is 19.0 Å². The van der Waals surface area contributed by atoms with Crippen LogP contribution in [0.5, 0.6) is 0 Å². The van der Waals surface area contributed by atoms with Gasteiger partial charge in [0.05, 0.1) is 0 Å². The fourth-order valence-corrected chi connectivity index (χ4v) is 1.31. The van der Waals surface area contributed by atoms with Crippen LogP contribution in [0.15, 0.2) is 23.3 Å². The van der Waals surface area contributed by atoms with E-state index in [2.05, 4.69) is 52.1 Å². The fraction of sp³-hybridized carbons (Fsp3) is 0.714. The molecule has 0 aliphatic rings. The van der Waals surface area contributed by atoms with Gasteiger partial charge in [0.1, 0.15) is 0 Å². The van der Waals surface area contributed by atoms with Crippen molar-refractivity contribution in [3.8, 4) is 0 Å². The quantitative estimate of drug-likeness (QED) is 0.495. The number of allylic oxidation sites excluding steroid dienone is 3. The lowest BCUT2D eigenvalue weighted by atomic mass is 10.1. The zero-order valence-corrected chi connectivity index (χ0v) is 11.1. The Labute approximate surface area is 95.7 Å². The number of nitrogens with one attached hydrogen (secondary N) is 1. The molecule has 88 valence electrons. The summed E-state index contributed by atoms with van der Waals surface area (Å²) < 4.78 is 0. The first kappa shape index (κ1) is 14.4. The molecule has 0 atom stereocenters. The van der Waals surface area contributed by atoms with E-state index in [1.165, 1.54) is 24.0 Å². The van der Waals surface area contributed by atoms with Crippen molar-refractivity contribution >= 4 is 0 Å². The second-order valence-electron chi connectivity index (χ2n) is 4.92. The van der Waals surface area contributed by atoms with Gasteiger partial charge in [0.25, 0.3) is 0 Å². The van der Waals surface area contributed by atoms with Crippen LogP contribution in [0.4, 0.5) is 0 Å². The molecule has 1 N–H and O–H groups in total. The first-order chi connectivity index (χ1) is 7.02. The molecule has 0 aliphatic heterocycles. The number of rotatable bonds is 7. The maximum atomic E-state index is 3.42. The second-order valence-corrected chi connectivity index (χ2v) is 4.92. The Morgan fingerprint density at radius 2 is 1.80 bits per heavy atom. The maximum Gasteiger partial charge on any atom is 0.0137 e. The van der Waals surface area contributed by atoms with Gasteiger partial charge in [0, 0.05) is 6.54 Å².